The van der Waals surface area contributed by atoms with E-state index in [0.717, 1.165) is 5.92 Å². The van der Waals surface area contributed by atoms with E-state index >= 15 is 0 Å². The zero-order valence-corrected chi connectivity index (χ0v) is 9.24. The lowest BCUT2D eigenvalue weighted by atomic mass is 9.72. The maximum atomic E-state index is 6.52. The number of thioether (sulfide) groups is 1. The molecule has 2 N–H and O–H groups in total. The van der Waals surface area contributed by atoms with Crippen LogP contribution in [-0.2, 0) is 0 Å². The normalized spacial score (nSPS) is 34.4. The first kappa shape index (κ1) is 9.85. The van der Waals surface area contributed by atoms with Gasteiger partial charge in [-0.2, -0.15) is 11.8 Å². The quantitative estimate of drug-likeness (QED) is 0.703. The van der Waals surface area contributed by atoms with Crippen molar-refractivity contribution in [2.24, 2.45) is 11.7 Å². The molecule has 1 saturated heterocycles. The van der Waals surface area contributed by atoms with E-state index in [1.54, 1.807) is 0 Å². The Bertz CT molecular complexity index is 157. The van der Waals surface area contributed by atoms with Gasteiger partial charge in [-0.15, -0.1) is 0 Å². The van der Waals surface area contributed by atoms with E-state index in [9.17, 15) is 0 Å². The first-order chi connectivity index (χ1) is 6.31. The van der Waals surface area contributed by atoms with Crippen LogP contribution in [-0.4, -0.2) is 17.0 Å². The van der Waals surface area contributed by atoms with Crippen LogP contribution in [0.3, 0.4) is 0 Å². The number of hydrogen-bond acceptors (Lipinski definition) is 2. The Kier molecular flexibility index (Phi) is 3.20. The van der Waals surface area contributed by atoms with Gasteiger partial charge in [-0.1, -0.05) is 19.3 Å². The lowest BCUT2D eigenvalue weighted by Gasteiger charge is -2.42. The summed E-state index contributed by atoms with van der Waals surface area (Å²) in [4.78, 5) is 0. The van der Waals surface area contributed by atoms with Crippen molar-refractivity contribution < 1.29 is 0 Å². The molecule has 76 valence electrons. The Morgan fingerprint density at radius 3 is 2.46 bits per heavy atom. The molecule has 13 heavy (non-hydrogen) atoms. The average molecular weight is 199 g/mol. The van der Waals surface area contributed by atoms with Gasteiger partial charge in [0.1, 0.15) is 0 Å². The Morgan fingerprint density at radius 2 is 1.85 bits per heavy atom. The van der Waals surface area contributed by atoms with Gasteiger partial charge in [-0.05, 0) is 43.1 Å². The van der Waals surface area contributed by atoms with Crippen LogP contribution >= 0.6 is 11.8 Å². The minimum absolute atomic E-state index is 0.228. The summed E-state index contributed by atoms with van der Waals surface area (Å²) in [7, 11) is 0. The zero-order chi connectivity index (χ0) is 9.15. The summed E-state index contributed by atoms with van der Waals surface area (Å²) in [6.45, 7) is 0. The monoisotopic (exact) mass is 199 g/mol. The van der Waals surface area contributed by atoms with E-state index in [4.69, 9.17) is 5.73 Å². The molecule has 2 fully saturated rings. The fourth-order valence-corrected chi connectivity index (χ4v) is 4.13. The summed E-state index contributed by atoms with van der Waals surface area (Å²) in [5.41, 5.74) is 6.75. The number of rotatable bonds is 1. The Balaban J connectivity index is 1.94. The molecule has 2 aliphatic rings. The van der Waals surface area contributed by atoms with Crippen molar-refractivity contribution in [2.75, 3.05) is 11.5 Å². The van der Waals surface area contributed by atoms with Crippen LogP contribution < -0.4 is 5.73 Å². The SMILES string of the molecule is NC1(C2CCCSC2)CCCCC1. The van der Waals surface area contributed by atoms with Gasteiger partial charge < -0.3 is 5.73 Å². The van der Waals surface area contributed by atoms with Crippen molar-refractivity contribution in [1.29, 1.82) is 0 Å². The third kappa shape index (κ3) is 2.21. The first-order valence-electron chi connectivity index (χ1n) is 5.68. The van der Waals surface area contributed by atoms with Crippen molar-refractivity contribution in [1.82, 2.24) is 0 Å². The Hall–Kier alpha value is 0.310. The smallest absolute Gasteiger partial charge is 0.0190 e. The lowest BCUT2D eigenvalue weighted by molar-refractivity contribution is 0.200. The molecule has 2 rings (SSSR count). The topological polar surface area (TPSA) is 26.0 Å². The summed E-state index contributed by atoms with van der Waals surface area (Å²) < 4.78 is 0. The fraction of sp³-hybridized carbons (Fsp3) is 1.00. The molecule has 0 spiro atoms. The molecule has 1 unspecified atom stereocenters. The molecule has 0 aromatic carbocycles. The highest BCUT2D eigenvalue weighted by atomic mass is 32.2. The van der Waals surface area contributed by atoms with Crippen molar-refractivity contribution >= 4 is 11.8 Å². The second-order valence-corrected chi connectivity index (χ2v) is 5.86. The lowest BCUT2D eigenvalue weighted by Crippen LogP contribution is -2.50. The van der Waals surface area contributed by atoms with Crippen LogP contribution in [0, 0.1) is 5.92 Å². The molecule has 0 radical (unpaired) electrons. The van der Waals surface area contributed by atoms with Gasteiger partial charge in [0.2, 0.25) is 0 Å². The molecule has 1 saturated carbocycles. The third-order valence-electron chi connectivity index (χ3n) is 3.76. The molecule has 0 aromatic heterocycles. The van der Waals surface area contributed by atoms with Crippen LogP contribution in [0.5, 0.6) is 0 Å². The van der Waals surface area contributed by atoms with E-state index < -0.39 is 0 Å². The molecular formula is C11H21NS. The molecule has 0 amide bonds. The van der Waals surface area contributed by atoms with Gasteiger partial charge >= 0.3 is 0 Å². The van der Waals surface area contributed by atoms with Crippen LogP contribution in [0.25, 0.3) is 0 Å². The van der Waals surface area contributed by atoms with Gasteiger partial charge in [0.15, 0.2) is 0 Å². The van der Waals surface area contributed by atoms with Crippen LogP contribution in [0.4, 0.5) is 0 Å². The van der Waals surface area contributed by atoms with Gasteiger partial charge in [-0.3, -0.25) is 0 Å². The number of hydrogen-bond donors (Lipinski definition) is 1. The van der Waals surface area contributed by atoms with Gasteiger partial charge in [0, 0.05) is 5.54 Å². The molecule has 1 atom stereocenters. The van der Waals surface area contributed by atoms with Crippen molar-refractivity contribution in [3.63, 3.8) is 0 Å². The van der Waals surface area contributed by atoms with E-state index in [-0.39, 0.29) is 5.54 Å². The van der Waals surface area contributed by atoms with E-state index in [0.29, 0.717) is 0 Å². The fourth-order valence-electron chi connectivity index (χ4n) is 2.81. The van der Waals surface area contributed by atoms with Crippen molar-refractivity contribution in [3.8, 4) is 0 Å². The minimum atomic E-state index is 0.228. The highest BCUT2D eigenvalue weighted by Gasteiger charge is 2.36. The largest absolute Gasteiger partial charge is 0.325 e. The Labute approximate surface area is 85.8 Å². The summed E-state index contributed by atoms with van der Waals surface area (Å²) in [6.07, 6.45) is 9.53. The number of nitrogens with two attached hydrogens (primary N) is 1. The second-order valence-electron chi connectivity index (χ2n) is 4.71. The Morgan fingerprint density at radius 1 is 1.08 bits per heavy atom. The summed E-state index contributed by atoms with van der Waals surface area (Å²) in [5, 5.41) is 0. The maximum absolute atomic E-state index is 6.52. The predicted octanol–water partition coefficient (Wildman–Crippen LogP) is 2.79. The average Bonchev–Trinajstić information content (AvgIpc) is 2.20. The zero-order valence-electron chi connectivity index (χ0n) is 8.43. The molecule has 1 aliphatic carbocycles. The van der Waals surface area contributed by atoms with Crippen LogP contribution in [0.1, 0.15) is 44.9 Å². The summed E-state index contributed by atoms with van der Waals surface area (Å²) in [5.74, 6) is 3.52. The van der Waals surface area contributed by atoms with Crippen molar-refractivity contribution in [3.05, 3.63) is 0 Å². The van der Waals surface area contributed by atoms with Crippen LogP contribution in [0.15, 0.2) is 0 Å². The van der Waals surface area contributed by atoms with Gasteiger partial charge in [0.05, 0.1) is 0 Å². The molecule has 1 nitrogen and oxygen atoms in total. The highest BCUT2D eigenvalue weighted by molar-refractivity contribution is 7.99. The van der Waals surface area contributed by atoms with E-state index in [1.165, 1.54) is 56.5 Å². The summed E-state index contributed by atoms with van der Waals surface area (Å²) >= 11 is 2.12. The molecule has 1 heterocycles. The van der Waals surface area contributed by atoms with Gasteiger partial charge in [-0.25, -0.2) is 0 Å². The standard InChI is InChI=1S/C11H21NS/c12-11(6-2-1-3-7-11)10-5-4-8-13-9-10/h10H,1-9,12H2. The van der Waals surface area contributed by atoms with E-state index in [1.807, 2.05) is 0 Å². The third-order valence-corrected chi connectivity index (χ3v) is 4.97. The maximum Gasteiger partial charge on any atom is 0.0190 e. The molecule has 0 aromatic rings. The highest BCUT2D eigenvalue weighted by Crippen LogP contribution is 2.38. The second kappa shape index (κ2) is 4.22. The molecule has 0 bridgehead atoms. The summed E-state index contributed by atoms with van der Waals surface area (Å²) in [6, 6.07) is 0. The first-order valence-corrected chi connectivity index (χ1v) is 6.83. The van der Waals surface area contributed by atoms with Crippen molar-refractivity contribution in [2.45, 2.75) is 50.5 Å². The molecule has 1 aliphatic heterocycles. The van der Waals surface area contributed by atoms with Crippen LogP contribution in [0.2, 0.25) is 0 Å². The predicted molar refractivity (Wildman–Crippen MR) is 60.1 cm³/mol. The molecule has 2 heteroatoms. The van der Waals surface area contributed by atoms with E-state index in [2.05, 4.69) is 11.8 Å². The minimum Gasteiger partial charge on any atom is -0.325 e. The van der Waals surface area contributed by atoms with Gasteiger partial charge in [0.25, 0.3) is 0 Å². The molecular weight excluding hydrogens is 178 g/mol.